The summed E-state index contributed by atoms with van der Waals surface area (Å²) in [6, 6.07) is 1.62. The van der Waals surface area contributed by atoms with E-state index in [1.165, 1.54) is 11.8 Å². The Morgan fingerprint density at radius 3 is 2.08 bits per heavy atom. The highest BCUT2D eigenvalue weighted by molar-refractivity contribution is 8.04. The van der Waals surface area contributed by atoms with Gasteiger partial charge in [-0.15, -0.1) is 11.8 Å². The highest BCUT2D eigenvalue weighted by atomic mass is 32.2. The van der Waals surface area contributed by atoms with Crippen LogP contribution in [0, 0.1) is 29.4 Å². The molecule has 0 aromatic heterocycles. The van der Waals surface area contributed by atoms with Gasteiger partial charge in [0.25, 0.3) is 5.91 Å². The van der Waals surface area contributed by atoms with Crippen molar-refractivity contribution >= 4 is 29.3 Å². The number of aromatic carboxylic acids is 1. The lowest BCUT2D eigenvalue weighted by Gasteiger charge is -2.24. The number of nitrogens with one attached hydrogen (secondary N) is 1. The molecule has 0 saturated heterocycles. The summed E-state index contributed by atoms with van der Waals surface area (Å²) in [5, 5.41) is 11.5. The van der Waals surface area contributed by atoms with Crippen molar-refractivity contribution in [2.24, 2.45) is 17.8 Å². The van der Waals surface area contributed by atoms with Gasteiger partial charge in [0.2, 0.25) is 0 Å². The molecule has 7 heteroatoms. The molecule has 4 nitrogen and oxygen atoms in total. The Bertz CT molecular complexity index is 708. The van der Waals surface area contributed by atoms with Crippen LogP contribution in [-0.2, 0) is 4.79 Å². The topological polar surface area (TPSA) is 66.4 Å². The van der Waals surface area contributed by atoms with E-state index in [-0.39, 0.29) is 16.9 Å². The van der Waals surface area contributed by atoms with Crippen LogP contribution in [0.2, 0.25) is 0 Å². The molecule has 1 heterocycles. The van der Waals surface area contributed by atoms with Crippen molar-refractivity contribution in [1.82, 2.24) is 0 Å². The summed E-state index contributed by atoms with van der Waals surface area (Å²) in [6.45, 7) is 8.37. The number of thioether (sulfide) groups is 1. The molecular formula is C18H21F2NO3S. The number of carboxylic acid groups (broad SMARTS) is 1. The molecule has 2 atom stereocenters. The summed E-state index contributed by atoms with van der Waals surface area (Å²) in [6.07, 6.45) is 1.91. The summed E-state index contributed by atoms with van der Waals surface area (Å²) in [7, 11) is 0. The van der Waals surface area contributed by atoms with Gasteiger partial charge < -0.3 is 10.4 Å². The average molecular weight is 369 g/mol. The number of benzene rings is 1. The number of halogens is 2. The van der Waals surface area contributed by atoms with Crippen LogP contribution in [-0.4, -0.2) is 22.2 Å². The summed E-state index contributed by atoms with van der Waals surface area (Å²) >= 11 is 1.47. The number of anilines is 1. The molecule has 2 N–H and O–H groups in total. The van der Waals surface area contributed by atoms with Gasteiger partial charge in [-0.3, -0.25) is 4.79 Å². The van der Waals surface area contributed by atoms with Crippen molar-refractivity contribution in [2.45, 2.75) is 32.9 Å². The maximum absolute atomic E-state index is 13.7. The highest BCUT2D eigenvalue weighted by Crippen LogP contribution is 2.44. The molecule has 1 amide bonds. The molecule has 2 unspecified atom stereocenters. The number of hydrogen-bond donors (Lipinski definition) is 2. The molecule has 1 aliphatic heterocycles. The molecule has 1 aliphatic rings. The van der Waals surface area contributed by atoms with E-state index in [4.69, 9.17) is 5.11 Å². The number of amides is 1. The largest absolute Gasteiger partial charge is 0.477 e. The minimum absolute atomic E-state index is 0.111. The zero-order valence-corrected chi connectivity index (χ0v) is 15.3. The van der Waals surface area contributed by atoms with Crippen LogP contribution in [0.3, 0.4) is 0 Å². The van der Waals surface area contributed by atoms with Crippen LogP contribution in [0.25, 0.3) is 0 Å². The van der Waals surface area contributed by atoms with Gasteiger partial charge in [0.05, 0.1) is 4.91 Å². The van der Waals surface area contributed by atoms with Crippen molar-refractivity contribution in [2.75, 3.05) is 5.32 Å². The lowest BCUT2D eigenvalue weighted by atomic mass is 9.87. The fourth-order valence-electron chi connectivity index (χ4n) is 2.86. The van der Waals surface area contributed by atoms with Gasteiger partial charge in [0, 0.05) is 10.9 Å². The van der Waals surface area contributed by atoms with Crippen LogP contribution in [0.1, 0.15) is 38.1 Å². The van der Waals surface area contributed by atoms with Crippen LogP contribution in [0.15, 0.2) is 23.1 Å². The second-order valence-corrected chi connectivity index (χ2v) is 7.97. The number of rotatable bonds is 5. The zero-order valence-electron chi connectivity index (χ0n) is 14.5. The predicted octanol–water partition coefficient (Wildman–Crippen LogP) is 4.53. The standard InChI is InChI=1S/C18H21F2NO3S/c1-8(2)11-7-14(25-16(11)9(3)4)17(22)21-10-5-12(19)15(18(23)24)13(20)6-10/h5-9,11,16H,1-4H3,(H,21,22)(H,23,24). The Morgan fingerprint density at radius 2 is 1.68 bits per heavy atom. The van der Waals surface area contributed by atoms with Crippen LogP contribution in [0.5, 0.6) is 0 Å². The summed E-state index contributed by atoms with van der Waals surface area (Å²) in [4.78, 5) is 23.8. The molecule has 0 fully saturated rings. The minimum Gasteiger partial charge on any atom is -0.477 e. The van der Waals surface area contributed by atoms with Crippen molar-refractivity contribution in [3.63, 3.8) is 0 Å². The van der Waals surface area contributed by atoms with Gasteiger partial charge in [-0.2, -0.15) is 0 Å². The van der Waals surface area contributed by atoms with Crippen molar-refractivity contribution in [3.05, 3.63) is 40.3 Å². The molecule has 1 aromatic carbocycles. The van der Waals surface area contributed by atoms with E-state index in [2.05, 4.69) is 33.0 Å². The smallest absolute Gasteiger partial charge is 0.341 e. The van der Waals surface area contributed by atoms with E-state index in [1.54, 1.807) is 0 Å². The highest BCUT2D eigenvalue weighted by Gasteiger charge is 2.35. The summed E-state index contributed by atoms with van der Waals surface area (Å²) in [5.41, 5.74) is -1.15. The van der Waals surface area contributed by atoms with E-state index in [0.29, 0.717) is 16.7 Å². The van der Waals surface area contributed by atoms with Gasteiger partial charge in [0.1, 0.15) is 17.2 Å². The normalized spacial score (nSPS) is 20.1. The first-order valence-electron chi connectivity index (χ1n) is 8.04. The van der Waals surface area contributed by atoms with Gasteiger partial charge in [0.15, 0.2) is 0 Å². The first kappa shape index (κ1) is 19.4. The number of allylic oxidation sites excluding steroid dienone is 1. The molecule has 0 aliphatic carbocycles. The quantitative estimate of drug-likeness (QED) is 0.800. The Labute approximate surface area is 149 Å². The van der Waals surface area contributed by atoms with Crippen molar-refractivity contribution in [3.8, 4) is 0 Å². The third-order valence-corrected chi connectivity index (χ3v) is 5.86. The molecule has 0 saturated carbocycles. The fraction of sp³-hybridized carbons (Fsp3) is 0.444. The van der Waals surface area contributed by atoms with Gasteiger partial charge in [-0.05, 0) is 29.9 Å². The predicted molar refractivity (Wildman–Crippen MR) is 94.6 cm³/mol. The number of carbonyl (C=O) groups excluding carboxylic acids is 1. The van der Waals surface area contributed by atoms with Gasteiger partial charge >= 0.3 is 5.97 Å². The lowest BCUT2D eigenvalue weighted by Crippen LogP contribution is -2.22. The maximum Gasteiger partial charge on any atom is 0.341 e. The molecule has 0 spiro atoms. The number of carboxylic acids is 1. The van der Waals surface area contributed by atoms with E-state index < -0.39 is 29.1 Å². The van der Waals surface area contributed by atoms with E-state index in [1.807, 2.05) is 6.08 Å². The summed E-state index contributed by atoms with van der Waals surface area (Å²) in [5.74, 6) is -3.60. The SMILES string of the molecule is CC(C)C1C=C(C(=O)Nc2cc(F)c(C(=O)O)c(F)c2)SC1C(C)C. The third-order valence-electron chi connectivity index (χ3n) is 4.15. The first-order valence-corrected chi connectivity index (χ1v) is 8.92. The second-order valence-electron chi connectivity index (χ2n) is 6.75. The van der Waals surface area contributed by atoms with Crippen LogP contribution in [0.4, 0.5) is 14.5 Å². The van der Waals surface area contributed by atoms with Gasteiger partial charge in [-0.25, -0.2) is 13.6 Å². The van der Waals surface area contributed by atoms with E-state index >= 15 is 0 Å². The molecule has 136 valence electrons. The molecule has 0 radical (unpaired) electrons. The van der Waals surface area contributed by atoms with Crippen molar-refractivity contribution < 1.29 is 23.5 Å². The molecule has 0 bridgehead atoms. The monoisotopic (exact) mass is 369 g/mol. The van der Waals surface area contributed by atoms with Gasteiger partial charge in [-0.1, -0.05) is 33.8 Å². The Balaban J connectivity index is 2.20. The molecule has 25 heavy (non-hydrogen) atoms. The lowest BCUT2D eigenvalue weighted by molar-refractivity contribution is -0.112. The Kier molecular flexibility index (Phi) is 5.87. The van der Waals surface area contributed by atoms with Crippen LogP contribution < -0.4 is 5.32 Å². The second kappa shape index (κ2) is 7.56. The third kappa shape index (κ3) is 4.21. The van der Waals surface area contributed by atoms with Crippen molar-refractivity contribution in [1.29, 1.82) is 0 Å². The number of hydrogen-bond acceptors (Lipinski definition) is 3. The molecule has 1 aromatic rings. The van der Waals surface area contributed by atoms with E-state index in [0.717, 1.165) is 12.1 Å². The Hall–Kier alpha value is -1.89. The first-order chi connectivity index (χ1) is 11.6. The zero-order chi connectivity index (χ0) is 18.9. The number of carbonyl (C=O) groups is 2. The molecular weight excluding hydrogens is 348 g/mol. The van der Waals surface area contributed by atoms with Crippen LogP contribution >= 0.6 is 11.8 Å². The molecule has 2 rings (SSSR count). The summed E-state index contributed by atoms with van der Waals surface area (Å²) < 4.78 is 27.5. The average Bonchev–Trinajstić information content (AvgIpc) is 2.91. The van der Waals surface area contributed by atoms with E-state index in [9.17, 15) is 18.4 Å². The Morgan fingerprint density at radius 1 is 1.12 bits per heavy atom. The maximum atomic E-state index is 13.7. The fourth-order valence-corrected chi connectivity index (χ4v) is 4.37. The minimum atomic E-state index is -1.69.